The second-order valence-corrected chi connectivity index (χ2v) is 4.66. The maximum absolute atomic E-state index is 11.9. The number of hydrogen-bond acceptors (Lipinski definition) is 5. The fourth-order valence-electron chi connectivity index (χ4n) is 1.57. The van der Waals surface area contributed by atoms with Gasteiger partial charge in [-0.3, -0.25) is 14.9 Å². The molecule has 0 aliphatic carbocycles. The van der Waals surface area contributed by atoms with Gasteiger partial charge in [0.15, 0.2) is 6.10 Å². The molecule has 0 radical (unpaired) electrons. The summed E-state index contributed by atoms with van der Waals surface area (Å²) >= 11 is 0. The summed E-state index contributed by atoms with van der Waals surface area (Å²) in [6, 6.07) is 4.72. The summed E-state index contributed by atoms with van der Waals surface area (Å²) in [6.45, 7) is 3.32. The summed E-state index contributed by atoms with van der Waals surface area (Å²) in [5.74, 6) is -1.86. The summed E-state index contributed by atoms with van der Waals surface area (Å²) in [5.41, 5.74) is 5.47. The second-order valence-electron chi connectivity index (χ2n) is 4.66. The molecule has 0 spiro atoms. The Morgan fingerprint density at radius 2 is 1.76 bits per heavy atom. The number of carbonyl (C=O) groups is 4. The zero-order valence-electron chi connectivity index (χ0n) is 11.7. The van der Waals surface area contributed by atoms with Gasteiger partial charge in [-0.2, -0.15) is 0 Å². The van der Waals surface area contributed by atoms with Gasteiger partial charge in [0.2, 0.25) is 0 Å². The number of imide groups is 1. The Kier molecular flexibility index (Phi) is 5.59. The van der Waals surface area contributed by atoms with Crippen molar-refractivity contribution in [2.24, 2.45) is 11.7 Å². The first-order chi connectivity index (χ1) is 9.85. The third-order valence-corrected chi connectivity index (χ3v) is 2.63. The van der Waals surface area contributed by atoms with E-state index >= 15 is 0 Å². The molecule has 0 bridgehead atoms. The monoisotopic (exact) mass is 292 g/mol. The molecule has 0 heterocycles. The first-order valence-electron chi connectivity index (χ1n) is 6.21. The Hall–Kier alpha value is -2.70. The third kappa shape index (κ3) is 4.72. The van der Waals surface area contributed by atoms with Crippen molar-refractivity contribution in [2.45, 2.75) is 20.0 Å². The van der Waals surface area contributed by atoms with Crippen LogP contribution in [0.5, 0.6) is 0 Å². The molecule has 1 unspecified atom stereocenters. The molecule has 21 heavy (non-hydrogen) atoms. The lowest BCUT2D eigenvalue weighted by molar-refractivity contribution is -0.130. The quantitative estimate of drug-likeness (QED) is 0.617. The van der Waals surface area contributed by atoms with Gasteiger partial charge in [0, 0.05) is 5.56 Å². The maximum Gasteiger partial charge on any atom is 0.338 e. The average Bonchev–Trinajstić information content (AvgIpc) is 2.43. The molecule has 0 fully saturated rings. The van der Waals surface area contributed by atoms with Crippen molar-refractivity contribution in [3.05, 3.63) is 35.4 Å². The number of nitrogens with two attached hydrogens (primary N) is 1. The van der Waals surface area contributed by atoms with Crippen LogP contribution in [0.25, 0.3) is 0 Å². The molecule has 7 nitrogen and oxygen atoms in total. The van der Waals surface area contributed by atoms with Gasteiger partial charge in [0.05, 0.1) is 5.56 Å². The van der Waals surface area contributed by atoms with Gasteiger partial charge in [0.25, 0.3) is 5.91 Å². The van der Waals surface area contributed by atoms with Crippen molar-refractivity contribution < 1.29 is 23.9 Å². The van der Waals surface area contributed by atoms with Crippen molar-refractivity contribution in [2.75, 3.05) is 0 Å². The molecular weight excluding hydrogens is 276 g/mol. The van der Waals surface area contributed by atoms with Crippen LogP contribution in [0.3, 0.4) is 0 Å². The lowest BCUT2D eigenvalue weighted by Gasteiger charge is -2.19. The minimum absolute atomic E-state index is 0.193. The summed E-state index contributed by atoms with van der Waals surface area (Å²) in [7, 11) is 0. The van der Waals surface area contributed by atoms with Crippen molar-refractivity contribution in [3.63, 3.8) is 0 Å². The number of amides is 3. The van der Waals surface area contributed by atoms with Crippen LogP contribution in [0.2, 0.25) is 0 Å². The minimum Gasteiger partial charge on any atom is -0.448 e. The number of nitrogens with one attached hydrogen (secondary N) is 1. The Morgan fingerprint density at radius 1 is 1.19 bits per heavy atom. The van der Waals surface area contributed by atoms with Crippen molar-refractivity contribution in [3.8, 4) is 0 Å². The second kappa shape index (κ2) is 7.18. The van der Waals surface area contributed by atoms with Crippen molar-refractivity contribution >= 4 is 24.2 Å². The molecule has 3 amide bonds. The van der Waals surface area contributed by atoms with Crippen LogP contribution >= 0.6 is 0 Å². The Bertz CT molecular complexity index is 551. The van der Waals surface area contributed by atoms with E-state index in [0.717, 1.165) is 0 Å². The van der Waals surface area contributed by atoms with E-state index in [1.54, 1.807) is 13.8 Å². The van der Waals surface area contributed by atoms with E-state index in [0.29, 0.717) is 11.8 Å². The van der Waals surface area contributed by atoms with Gasteiger partial charge < -0.3 is 10.5 Å². The lowest BCUT2D eigenvalue weighted by Crippen LogP contribution is -2.45. The molecular formula is C14H16N2O5. The first-order valence-corrected chi connectivity index (χ1v) is 6.21. The number of ether oxygens (including phenoxy) is 1. The normalized spacial score (nSPS) is 11.6. The molecule has 1 aromatic rings. The van der Waals surface area contributed by atoms with E-state index < -0.39 is 24.0 Å². The number of esters is 1. The number of carbonyl (C=O) groups excluding carboxylic acids is 4. The number of rotatable bonds is 5. The van der Waals surface area contributed by atoms with Gasteiger partial charge in [-0.1, -0.05) is 26.0 Å². The number of urea groups is 1. The van der Waals surface area contributed by atoms with E-state index in [4.69, 9.17) is 10.5 Å². The third-order valence-electron chi connectivity index (χ3n) is 2.63. The SMILES string of the molecule is CC(C)C(OC(=O)c1ccc(C=O)cc1)C(=O)NC(N)=O. The van der Waals surface area contributed by atoms with Gasteiger partial charge in [-0.05, 0) is 18.1 Å². The van der Waals surface area contributed by atoms with Crippen LogP contribution in [0.1, 0.15) is 34.6 Å². The van der Waals surface area contributed by atoms with Crippen LogP contribution in [-0.2, 0) is 9.53 Å². The minimum atomic E-state index is -1.14. The molecule has 7 heteroatoms. The molecule has 1 rings (SSSR count). The Morgan fingerprint density at radius 3 is 2.19 bits per heavy atom. The predicted octanol–water partition coefficient (Wildman–Crippen LogP) is 0.875. The van der Waals surface area contributed by atoms with E-state index in [1.165, 1.54) is 24.3 Å². The topological polar surface area (TPSA) is 116 Å². The Labute approximate surface area is 121 Å². The highest BCUT2D eigenvalue weighted by Gasteiger charge is 2.27. The van der Waals surface area contributed by atoms with Gasteiger partial charge in [-0.25, -0.2) is 9.59 Å². The van der Waals surface area contributed by atoms with Crippen LogP contribution < -0.4 is 11.1 Å². The predicted molar refractivity (Wildman–Crippen MR) is 73.6 cm³/mol. The highest BCUT2D eigenvalue weighted by molar-refractivity contribution is 5.98. The zero-order valence-corrected chi connectivity index (χ0v) is 11.7. The molecule has 1 aromatic carbocycles. The van der Waals surface area contributed by atoms with E-state index in [9.17, 15) is 19.2 Å². The maximum atomic E-state index is 11.9. The molecule has 112 valence electrons. The summed E-state index contributed by atoms with van der Waals surface area (Å²) in [5, 5.41) is 1.88. The number of aldehydes is 1. The zero-order chi connectivity index (χ0) is 16.0. The average molecular weight is 292 g/mol. The largest absolute Gasteiger partial charge is 0.448 e. The molecule has 0 saturated carbocycles. The number of primary amides is 1. The lowest BCUT2D eigenvalue weighted by atomic mass is 10.1. The molecule has 0 saturated heterocycles. The van der Waals surface area contributed by atoms with Crippen LogP contribution in [-0.4, -0.2) is 30.3 Å². The van der Waals surface area contributed by atoms with Crippen LogP contribution in [0, 0.1) is 5.92 Å². The highest BCUT2D eigenvalue weighted by Crippen LogP contribution is 2.12. The highest BCUT2D eigenvalue weighted by atomic mass is 16.5. The van der Waals surface area contributed by atoms with Crippen LogP contribution in [0.15, 0.2) is 24.3 Å². The molecule has 0 aliphatic rings. The van der Waals surface area contributed by atoms with Crippen LogP contribution in [0.4, 0.5) is 4.79 Å². The smallest absolute Gasteiger partial charge is 0.338 e. The van der Waals surface area contributed by atoms with Crippen molar-refractivity contribution in [1.82, 2.24) is 5.32 Å². The molecule has 3 N–H and O–H groups in total. The fraction of sp³-hybridized carbons (Fsp3) is 0.286. The molecule has 1 atom stereocenters. The molecule has 0 aromatic heterocycles. The fourth-order valence-corrected chi connectivity index (χ4v) is 1.57. The standard InChI is InChI=1S/C14H16N2O5/c1-8(2)11(12(18)16-14(15)20)21-13(19)10-5-3-9(7-17)4-6-10/h3-8,11H,1-2H3,(H3,15,16,18,20). The van der Waals surface area contributed by atoms with E-state index in [-0.39, 0.29) is 11.5 Å². The summed E-state index contributed by atoms with van der Waals surface area (Å²) in [4.78, 5) is 44.9. The molecule has 0 aliphatic heterocycles. The number of benzene rings is 1. The van der Waals surface area contributed by atoms with Crippen molar-refractivity contribution in [1.29, 1.82) is 0 Å². The van der Waals surface area contributed by atoms with Gasteiger partial charge in [0.1, 0.15) is 6.29 Å². The van der Waals surface area contributed by atoms with Gasteiger partial charge in [-0.15, -0.1) is 0 Å². The van der Waals surface area contributed by atoms with E-state index in [2.05, 4.69) is 0 Å². The number of hydrogen-bond donors (Lipinski definition) is 2. The first kappa shape index (κ1) is 16.4. The Balaban J connectivity index is 2.82. The summed E-state index contributed by atoms with van der Waals surface area (Å²) in [6.07, 6.45) is -0.498. The van der Waals surface area contributed by atoms with Gasteiger partial charge >= 0.3 is 12.0 Å². The van der Waals surface area contributed by atoms with E-state index in [1.807, 2.05) is 5.32 Å². The summed E-state index contributed by atoms with van der Waals surface area (Å²) < 4.78 is 5.09.